The third kappa shape index (κ3) is 3.75. The summed E-state index contributed by atoms with van der Waals surface area (Å²) in [6.07, 6.45) is 0. The predicted molar refractivity (Wildman–Crippen MR) is 110 cm³/mol. The van der Waals surface area contributed by atoms with Gasteiger partial charge in [0.1, 0.15) is 23.1 Å². The molecular weight excluding hydrogens is 389 g/mol. The summed E-state index contributed by atoms with van der Waals surface area (Å²) in [7, 11) is 0. The van der Waals surface area contributed by atoms with E-state index in [-0.39, 0.29) is 5.69 Å². The van der Waals surface area contributed by atoms with Gasteiger partial charge in [0.2, 0.25) is 5.91 Å². The molecule has 0 bridgehead atoms. The van der Waals surface area contributed by atoms with Crippen molar-refractivity contribution in [3.8, 4) is 11.3 Å². The Balaban J connectivity index is 1.63. The quantitative estimate of drug-likeness (QED) is 0.526. The first-order valence-corrected chi connectivity index (χ1v) is 9.12. The molecule has 0 radical (unpaired) electrons. The molecule has 0 aliphatic rings. The van der Waals surface area contributed by atoms with E-state index in [9.17, 15) is 18.8 Å². The van der Waals surface area contributed by atoms with E-state index in [4.69, 9.17) is 4.42 Å². The van der Waals surface area contributed by atoms with Crippen LogP contribution in [0.2, 0.25) is 0 Å². The molecule has 0 aliphatic carbocycles. The summed E-state index contributed by atoms with van der Waals surface area (Å²) in [6, 6.07) is 15.8. The zero-order valence-electron chi connectivity index (χ0n) is 15.8. The maximum atomic E-state index is 13.2. The van der Waals surface area contributed by atoms with Gasteiger partial charge < -0.3 is 9.73 Å². The molecule has 2 aromatic carbocycles. The molecule has 0 aliphatic heterocycles. The number of nitrogens with one attached hydrogen (secondary N) is 1. The third-order valence-corrected chi connectivity index (χ3v) is 4.61. The largest absolute Gasteiger partial charge is 0.421 e. The molecule has 4 aromatic rings. The van der Waals surface area contributed by atoms with E-state index >= 15 is 0 Å². The van der Waals surface area contributed by atoms with Gasteiger partial charge in [0.05, 0.1) is 5.69 Å². The van der Waals surface area contributed by atoms with Crippen LogP contribution in [-0.2, 0) is 4.79 Å². The Hall–Kier alpha value is -4.07. The second kappa shape index (κ2) is 7.75. The van der Waals surface area contributed by atoms with Crippen LogP contribution in [0.15, 0.2) is 80.7 Å². The molecular formula is C22H16FN3O4. The molecule has 30 heavy (non-hydrogen) atoms. The van der Waals surface area contributed by atoms with E-state index < -0.39 is 29.0 Å². The summed E-state index contributed by atoms with van der Waals surface area (Å²) < 4.78 is 19.4. The van der Waals surface area contributed by atoms with Crippen molar-refractivity contribution in [2.75, 3.05) is 5.32 Å². The van der Waals surface area contributed by atoms with Gasteiger partial charge in [-0.05, 0) is 49.4 Å². The summed E-state index contributed by atoms with van der Waals surface area (Å²) in [6.45, 7) is 1.49. The Morgan fingerprint density at radius 1 is 1.07 bits per heavy atom. The van der Waals surface area contributed by atoms with Crippen LogP contribution in [0.4, 0.5) is 10.1 Å². The minimum Gasteiger partial charge on any atom is -0.421 e. The van der Waals surface area contributed by atoms with Gasteiger partial charge in [-0.2, -0.15) is 5.10 Å². The molecule has 0 fully saturated rings. The summed E-state index contributed by atoms with van der Waals surface area (Å²) >= 11 is 0. The molecule has 1 N–H and O–H groups in total. The lowest BCUT2D eigenvalue weighted by atomic mass is 10.1. The Kier molecular flexibility index (Phi) is 4.97. The van der Waals surface area contributed by atoms with Crippen LogP contribution >= 0.6 is 0 Å². The molecule has 0 spiro atoms. The number of amides is 1. The van der Waals surface area contributed by atoms with E-state index in [1.165, 1.54) is 49.4 Å². The van der Waals surface area contributed by atoms with Gasteiger partial charge in [0, 0.05) is 17.0 Å². The molecule has 7 nitrogen and oxygen atoms in total. The maximum absolute atomic E-state index is 13.2. The summed E-state index contributed by atoms with van der Waals surface area (Å²) in [4.78, 5) is 37.1. The van der Waals surface area contributed by atoms with Gasteiger partial charge in [0.25, 0.3) is 5.56 Å². The topological polar surface area (TPSA) is 94.2 Å². The van der Waals surface area contributed by atoms with Crippen molar-refractivity contribution < 1.29 is 13.6 Å². The van der Waals surface area contributed by atoms with Crippen LogP contribution < -0.4 is 16.5 Å². The smallest absolute Gasteiger partial charge is 0.360 e. The monoisotopic (exact) mass is 405 g/mol. The molecule has 1 amide bonds. The number of nitrogens with zero attached hydrogens (tertiary/aromatic N) is 2. The summed E-state index contributed by atoms with van der Waals surface area (Å²) in [5.74, 6) is -1.00. The molecule has 1 unspecified atom stereocenters. The standard InChI is InChI=1S/C22H16FN3O4/c1-13(21(28)24-18-12-15-4-2-3-5-19(15)30-22(18)29)26-20(27)11-10-17(25-26)14-6-8-16(23)9-7-14/h2-13H,1H3,(H,24,28). The van der Waals surface area contributed by atoms with Crippen molar-refractivity contribution in [1.29, 1.82) is 0 Å². The fourth-order valence-corrected chi connectivity index (χ4v) is 2.97. The van der Waals surface area contributed by atoms with Crippen LogP contribution in [-0.4, -0.2) is 15.7 Å². The summed E-state index contributed by atoms with van der Waals surface area (Å²) in [5, 5.41) is 7.37. The number of carbonyl (C=O) groups is 1. The summed E-state index contributed by atoms with van der Waals surface area (Å²) in [5.41, 5.74) is 0.169. The van der Waals surface area contributed by atoms with Crippen molar-refractivity contribution in [2.45, 2.75) is 13.0 Å². The molecule has 2 heterocycles. The second-order valence-corrected chi connectivity index (χ2v) is 6.66. The van der Waals surface area contributed by atoms with Gasteiger partial charge in [-0.25, -0.2) is 13.9 Å². The lowest BCUT2D eigenvalue weighted by Gasteiger charge is -2.14. The first-order valence-electron chi connectivity index (χ1n) is 9.12. The Morgan fingerprint density at radius 2 is 1.80 bits per heavy atom. The molecule has 150 valence electrons. The molecule has 1 atom stereocenters. The zero-order valence-corrected chi connectivity index (χ0v) is 15.8. The Bertz CT molecular complexity index is 1360. The zero-order chi connectivity index (χ0) is 21.3. The first kappa shape index (κ1) is 19.3. The number of para-hydroxylation sites is 1. The van der Waals surface area contributed by atoms with Gasteiger partial charge in [-0.15, -0.1) is 0 Å². The number of fused-ring (bicyclic) bond motifs is 1. The average molecular weight is 405 g/mol. The number of aromatic nitrogens is 2. The van der Waals surface area contributed by atoms with Crippen LogP contribution in [0, 0.1) is 5.82 Å². The highest BCUT2D eigenvalue weighted by Crippen LogP contribution is 2.18. The van der Waals surface area contributed by atoms with Crippen molar-refractivity contribution >= 4 is 22.6 Å². The maximum Gasteiger partial charge on any atom is 0.360 e. The van der Waals surface area contributed by atoms with Crippen LogP contribution in [0.5, 0.6) is 0 Å². The second-order valence-electron chi connectivity index (χ2n) is 6.66. The fraction of sp³-hybridized carbons (Fsp3) is 0.0909. The molecule has 0 saturated heterocycles. The number of anilines is 1. The van der Waals surface area contributed by atoms with Crippen LogP contribution in [0.1, 0.15) is 13.0 Å². The molecule has 8 heteroatoms. The number of hydrogen-bond acceptors (Lipinski definition) is 5. The molecule has 4 rings (SSSR count). The number of hydrogen-bond donors (Lipinski definition) is 1. The highest BCUT2D eigenvalue weighted by Gasteiger charge is 2.20. The average Bonchev–Trinajstić information content (AvgIpc) is 2.74. The predicted octanol–water partition coefficient (Wildman–Crippen LogP) is 3.36. The Morgan fingerprint density at radius 3 is 2.57 bits per heavy atom. The van der Waals surface area contributed by atoms with Crippen LogP contribution in [0.25, 0.3) is 22.2 Å². The normalized spacial score (nSPS) is 11.9. The minimum atomic E-state index is -1.01. The van der Waals surface area contributed by atoms with E-state index in [0.29, 0.717) is 22.2 Å². The van der Waals surface area contributed by atoms with Crippen molar-refractivity contribution in [1.82, 2.24) is 9.78 Å². The SMILES string of the molecule is CC(C(=O)Nc1cc2ccccc2oc1=O)n1nc(-c2ccc(F)cc2)ccc1=O. The van der Waals surface area contributed by atoms with Gasteiger partial charge in [-0.3, -0.25) is 9.59 Å². The van der Waals surface area contributed by atoms with Gasteiger partial charge in [-0.1, -0.05) is 18.2 Å². The molecule has 0 saturated carbocycles. The first-order chi connectivity index (χ1) is 14.4. The number of carbonyl (C=O) groups excluding carboxylic acids is 1. The van der Waals surface area contributed by atoms with Crippen molar-refractivity contribution in [3.63, 3.8) is 0 Å². The number of halogens is 1. The van der Waals surface area contributed by atoms with E-state index in [1.807, 2.05) is 0 Å². The molecule has 2 aromatic heterocycles. The van der Waals surface area contributed by atoms with Crippen molar-refractivity contribution in [2.24, 2.45) is 0 Å². The van der Waals surface area contributed by atoms with Gasteiger partial charge in [0.15, 0.2) is 0 Å². The number of rotatable bonds is 4. The van der Waals surface area contributed by atoms with E-state index in [2.05, 4.69) is 10.4 Å². The fourth-order valence-electron chi connectivity index (χ4n) is 2.97. The Labute approximate surface area is 169 Å². The number of benzene rings is 2. The van der Waals surface area contributed by atoms with Gasteiger partial charge >= 0.3 is 5.63 Å². The van der Waals surface area contributed by atoms with Crippen LogP contribution in [0.3, 0.4) is 0 Å². The highest BCUT2D eigenvalue weighted by molar-refractivity contribution is 5.94. The van der Waals surface area contributed by atoms with E-state index in [0.717, 1.165) is 4.68 Å². The highest BCUT2D eigenvalue weighted by atomic mass is 19.1. The third-order valence-electron chi connectivity index (χ3n) is 4.61. The van der Waals surface area contributed by atoms with Crippen molar-refractivity contribution in [3.05, 3.63) is 93.3 Å². The van der Waals surface area contributed by atoms with E-state index in [1.54, 1.807) is 24.3 Å². The lowest BCUT2D eigenvalue weighted by molar-refractivity contribution is -0.119. The lowest BCUT2D eigenvalue weighted by Crippen LogP contribution is -2.34. The minimum absolute atomic E-state index is 0.0340.